The average molecular weight is 342 g/mol. The molecule has 0 aliphatic heterocycles. The Hall–Kier alpha value is -2.93. The summed E-state index contributed by atoms with van der Waals surface area (Å²) in [7, 11) is 1.70. The number of fused-ring (bicyclic) bond motifs is 1. The molecule has 0 saturated heterocycles. The number of non-ortho nitro benzene ring substituents is 1. The standard InChI is InChI=1S/C17H14N2O4S/c1-18(10-11-2-5-14(20)6-3-11)17(21)16-9-12-8-13(19(22)23)4-7-15(12)24-16/h2-9,20H,10H2,1H3. The molecule has 6 nitrogen and oxygen atoms in total. The van der Waals surface area contributed by atoms with E-state index in [4.69, 9.17) is 0 Å². The molecule has 1 N–H and O–H groups in total. The molecular weight excluding hydrogens is 328 g/mol. The van der Waals surface area contributed by atoms with Gasteiger partial charge in [0.1, 0.15) is 5.75 Å². The first-order valence-corrected chi connectivity index (χ1v) is 7.97. The lowest BCUT2D eigenvalue weighted by molar-refractivity contribution is -0.384. The van der Waals surface area contributed by atoms with Crippen LogP contribution in [0.1, 0.15) is 15.2 Å². The van der Waals surface area contributed by atoms with Gasteiger partial charge in [-0.25, -0.2) is 0 Å². The third-order valence-corrected chi connectivity index (χ3v) is 4.73. The van der Waals surface area contributed by atoms with Crippen molar-refractivity contribution in [1.29, 1.82) is 0 Å². The number of hydrogen-bond acceptors (Lipinski definition) is 5. The molecule has 7 heteroatoms. The molecule has 1 heterocycles. The van der Waals surface area contributed by atoms with Gasteiger partial charge in [0.15, 0.2) is 0 Å². The van der Waals surface area contributed by atoms with E-state index in [9.17, 15) is 20.0 Å². The van der Waals surface area contributed by atoms with E-state index in [0.717, 1.165) is 10.3 Å². The first kappa shape index (κ1) is 15.9. The minimum Gasteiger partial charge on any atom is -0.508 e. The molecule has 1 amide bonds. The van der Waals surface area contributed by atoms with Crippen LogP contribution in [0.25, 0.3) is 10.1 Å². The number of carbonyl (C=O) groups is 1. The van der Waals surface area contributed by atoms with E-state index in [-0.39, 0.29) is 17.3 Å². The minimum absolute atomic E-state index is 0.0109. The van der Waals surface area contributed by atoms with Gasteiger partial charge in [-0.15, -0.1) is 11.3 Å². The highest BCUT2D eigenvalue weighted by Gasteiger charge is 2.16. The van der Waals surface area contributed by atoms with Crippen LogP contribution in [0, 0.1) is 10.1 Å². The first-order valence-electron chi connectivity index (χ1n) is 7.15. The molecule has 0 bridgehead atoms. The Labute approximate surface area is 141 Å². The number of amides is 1. The number of rotatable bonds is 4. The maximum Gasteiger partial charge on any atom is 0.270 e. The summed E-state index contributed by atoms with van der Waals surface area (Å²) in [4.78, 5) is 25.1. The number of carbonyl (C=O) groups excluding carboxylic acids is 1. The second kappa shape index (κ2) is 6.29. The van der Waals surface area contributed by atoms with Crippen LogP contribution in [-0.4, -0.2) is 27.9 Å². The Balaban J connectivity index is 1.82. The molecule has 0 unspecified atom stereocenters. The fourth-order valence-corrected chi connectivity index (χ4v) is 3.42. The molecular formula is C17H14N2O4S. The molecule has 3 aromatic rings. The molecule has 122 valence electrons. The average Bonchev–Trinajstić information content (AvgIpc) is 2.99. The minimum atomic E-state index is -0.449. The fourth-order valence-electron chi connectivity index (χ4n) is 2.38. The molecule has 2 aromatic carbocycles. The van der Waals surface area contributed by atoms with Crippen LogP contribution < -0.4 is 0 Å². The van der Waals surface area contributed by atoms with Gasteiger partial charge in [-0.3, -0.25) is 14.9 Å². The number of hydrogen-bond donors (Lipinski definition) is 1. The van der Waals surface area contributed by atoms with Gasteiger partial charge in [0.2, 0.25) is 0 Å². The highest BCUT2D eigenvalue weighted by molar-refractivity contribution is 7.20. The number of benzene rings is 2. The van der Waals surface area contributed by atoms with E-state index < -0.39 is 4.92 Å². The summed E-state index contributed by atoms with van der Waals surface area (Å²) in [6.45, 7) is 0.410. The van der Waals surface area contributed by atoms with Crippen LogP contribution in [0.2, 0.25) is 0 Å². The molecule has 0 radical (unpaired) electrons. The van der Waals surface area contributed by atoms with Crippen LogP contribution >= 0.6 is 11.3 Å². The monoisotopic (exact) mass is 342 g/mol. The van der Waals surface area contributed by atoms with Gasteiger partial charge in [-0.1, -0.05) is 12.1 Å². The number of nitrogens with zero attached hydrogens (tertiary/aromatic N) is 2. The smallest absolute Gasteiger partial charge is 0.270 e. The molecule has 24 heavy (non-hydrogen) atoms. The van der Waals surface area contributed by atoms with E-state index in [1.807, 2.05) is 0 Å². The number of nitro groups is 1. The van der Waals surface area contributed by atoms with E-state index in [2.05, 4.69) is 0 Å². The van der Waals surface area contributed by atoms with E-state index in [1.54, 1.807) is 48.3 Å². The van der Waals surface area contributed by atoms with Crippen molar-refractivity contribution in [2.45, 2.75) is 6.54 Å². The van der Waals surface area contributed by atoms with Crippen molar-refractivity contribution in [2.75, 3.05) is 7.05 Å². The fraction of sp³-hybridized carbons (Fsp3) is 0.118. The van der Waals surface area contributed by atoms with Gasteiger partial charge >= 0.3 is 0 Å². The summed E-state index contributed by atoms with van der Waals surface area (Å²) in [6, 6.07) is 12.9. The molecule has 0 spiro atoms. The topological polar surface area (TPSA) is 83.7 Å². The summed E-state index contributed by atoms with van der Waals surface area (Å²) < 4.78 is 0.835. The predicted molar refractivity (Wildman–Crippen MR) is 92.4 cm³/mol. The van der Waals surface area contributed by atoms with Crippen molar-refractivity contribution in [2.24, 2.45) is 0 Å². The molecule has 3 rings (SSSR count). The lowest BCUT2D eigenvalue weighted by Crippen LogP contribution is -2.25. The highest BCUT2D eigenvalue weighted by atomic mass is 32.1. The Kier molecular flexibility index (Phi) is 4.18. The summed E-state index contributed by atoms with van der Waals surface area (Å²) in [5.41, 5.74) is 0.914. The van der Waals surface area contributed by atoms with Crippen molar-refractivity contribution in [3.8, 4) is 5.75 Å². The van der Waals surface area contributed by atoms with Crippen LogP contribution in [0.4, 0.5) is 5.69 Å². The number of phenolic OH excluding ortho intramolecular Hbond substituents is 1. The van der Waals surface area contributed by atoms with Crippen molar-refractivity contribution in [3.05, 3.63) is 69.1 Å². The lowest BCUT2D eigenvalue weighted by Gasteiger charge is -2.16. The number of thiophene rings is 1. The Morgan fingerprint density at radius 2 is 1.92 bits per heavy atom. The van der Waals surface area contributed by atoms with Gasteiger partial charge in [-0.05, 0) is 29.8 Å². The van der Waals surface area contributed by atoms with Gasteiger partial charge in [0, 0.05) is 35.8 Å². The Morgan fingerprint density at radius 3 is 2.58 bits per heavy atom. The second-order valence-electron chi connectivity index (χ2n) is 5.42. The highest BCUT2D eigenvalue weighted by Crippen LogP contribution is 2.29. The van der Waals surface area contributed by atoms with Crippen LogP contribution in [-0.2, 0) is 6.54 Å². The van der Waals surface area contributed by atoms with E-state index in [1.165, 1.54) is 23.5 Å². The molecule has 0 fully saturated rings. The van der Waals surface area contributed by atoms with Crippen LogP contribution in [0.3, 0.4) is 0 Å². The maximum absolute atomic E-state index is 12.6. The maximum atomic E-state index is 12.6. The van der Waals surface area contributed by atoms with E-state index >= 15 is 0 Å². The van der Waals surface area contributed by atoms with Gasteiger partial charge < -0.3 is 10.0 Å². The van der Waals surface area contributed by atoms with Crippen molar-refractivity contribution < 1.29 is 14.8 Å². The Morgan fingerprint density at radius 1 is 1.21 bits per heavy atom. The molecule has 1 aromatic heterocycles. The quantitative estimate of drug-likeness (QED) is 0.577. The molecule has 0 saturated carbocycles. The van der Waals surface area contributed by atoms with Gasteiger partial charge in [-0.2, -0.15) is 0 Å². The number of aromatic hydroxyl groups is 1. The first-order chi connectivity index (χ1) is 11.4. The SMILES string of the molecule is CN(Cc1ccc(O)cc1)C(=O)c1cc2cc([N+](=O)[O-])ccc2s1. The van der Waals surface area contributed by atoms with Crippen molar-refractivity contribution >= 4 is 33.0 Å². The van der Waals surface area contributed by atoms with Gasteiger partial charge in [0.25, 0.3) is 11.6 Å². The summed E-state index contributed by atoms with van der Waals surface area (Å²) in [5, 5.41) is 20.8. The third kappa shape index (κ3) is 3.21. The predicted octanol–water partition coefficient (Wildman–Crippen LogP) is 3.79. The van der Waals surface area contributed by atoms with Crippen LogP contribution in [0.5, 0.6) is 5.75 Å². The van der Waals surface area contributed by atoms with E-state index in [0.29, 0.717) is 16.8 Å². The zero-order chi connectivity index (χ0) is 17.3. The summed E-state index contributed by atoms with van der Waals surface area (Å²) >= 11 is 1.31. The molecule has 0 aliphatic carbocycles. The number of nitro benzene ring substituents is 1. The largest absolute Gasteiger partial charge is 0.508 e. The molecule has 0 atom stereocenters. The molecule has 0 aliphatic rings. The summed E-state index contributed by atoms with van der Waals surface area (Å²) in [5.74, 6) is 0.0331. The Bertz CT molecular complexity index is 918. The van der Waals surface area contributed by atoms with Crippen LogP contribution in [0.15, 0.2) is 48.5 Å². The second-order valence-corrected chi connectivity index (χ2v) is 6.50. The van der Waals surface area contributed by atoms with Crippen molar-refractivity contribution in [3.63, 3.8) is 0 Å². The van der Waals surface area contributed by atoms with Gasteiger partial charge in [0.05, 0.1) is 9.80 Å². The lowest BCUT2D eigenvalue weighted by atomic mass is 10.2. The number of phenols is 1. The normalized spacial score (nSPS) is 10.7. The zero-order valence-corrected chi connectivity index (χ0v) is 13.6. The zero-order valence-electron chi connectivity index (χ0n) is 12.8. The van der Waals surface area contributed by atoms with Crippen molar-refractivity contribution in [1.82, 2.24) is 4.90 Å². The third-order valence-electron chi connectivity index (χ3n) is 3.62. The summed E-state index contributed by atoms with van der Waals surface area (Å²) in [6.07, 6.45) is 0.